The number of aromatic hydroxyl groups is 1. The second-order valence-electron chi connectivity index (χ2n) is 4.00. The Kier molecular flexibility index (Phi) is 4.32. The summed E-state index contributed by atoms with van der Waals surface area (Å²) in [6, 6.07) is 12.3. The van der Waals surface area contributed by atoms with E-state index in [0.717, 1.165) is 17.8 Å². The summed E-state index contributed by atoms with van der Waals surface area (Å²) in [6.45, 7) is 0. The quantitative estimate of drug-likeness (QED) is 0.667. The third-order valence-corrected chi connectivity index (χ3v) is 2.41. The van der Waals surface area contributed by atoms with Crippen molar-refractivity contribution in [1.29, 1.82) is 0 Å². The summed E-state index contributed by atoms with van der Waals surface area (Å²) < 4.78 is 39.8. The molecule has 0 unspecified atom stereocenters. The molecule has 0 radical (unpaired) electrons. The van der Waals surface area contributed by atoms with Crippen molar-refractivity contribution >= 4 is 11.9 Å². The Hall–Kier alpha value is -2.70. The molecule has 0 amide bonds. The second kappa shape index (κ2) is 6.17. The van der Waals surface area contributed by atoms with Gasteiger partial charge < -0.3 is 9.84 Å². The minimum absolute atomic E-state index is 0.257. The van der Waals surface area contributed by atoms with Crippen LogP contribution >= 0.6 is 0 Å². The fourth-order valence-electron chi connectivity index (χ4n) is 1.52. The van der Waals surface area contributed by atoms with Gasteiger partial charge in [0, 0.05) is 11.6 Å². The maximum Gasteiger partial charge on any atom is 0.573 e. The highest BCUT2D eigenvalue weighted by Crippen LogP contribution is 2.27. The Morgan fingerprint density at radius 2 is 1.81 bits per heavy atom. The Bertz CT molecular complexity index is 628. The summed E-state index contributed by atoms with van der Waals surface area (Å²) in [6.07, 6.45) is -3.50. The molecule has 7 heteroatoms. The van der Waals surface area contributed by atoms with Crippen LogP contribution < -0.4 is 10.2 Å². The van der Waals surface area contributed by atoms with Crippen LogP contribution in [0.1, 0.15) is 5.56 Å². The smallest absolute Gasteiger partial charge is 0.507 e. The van der Waals surface area contributed by atoms with Gasteiger partial charge in [0.05, 0.1) is 11.9 Å². The molecule has 0 atom stereocenters. The molecule has 2 rings (SSSR count). The van der Waals surface area contributed by atoms with E-state index >= 15 is 0 Å². The summed E-state index contributed by atoms with van der Waals surface area (Å²) in [4.78, 5) is 0. The highest BCUT2D eigenvalue weighted by molar-refractivity contribution is 5.84. The number of alkyl halides is 3. The van der Waals surface area contributed by atoms with Crippen LogP contribution in [0, 0.1) is 0 Å². The van der Waals surface area contributed by atoms with Crippen molar-refractivity contribution in [3.8, 4) is 11.5 Å². The Morgan fingerprint density at radius 1 is 1.10 bits per heavy atom. The van der Waals surface area contributed by atoms with Crippen LogP contribution in [-0.4, -0.2) is 17.7 Å². The normalized spacial score (nSPS) is 11.6. The number of hydrazone groups is 1. The summed E-state index contributed by atoms with van der Waals surface area (Å²) >= 11 is 0. The summed E-state index contributed by atoms with van der Waals surface area (Å²) in [7, 11) is 0. The molecule has 21 heavy (non-hydrogen) atoms. The monoisotopic (exact) mass is 296 g/mol. The van der Waals surface area contributed by atoms with Crippen LogP contribution in [0.3, 0.4) is 0 Å². The number of hydrogen-bond donors (Lipinski definition) is 2. The number of anilines is 1. The number of halogens is 3. The van der Waals surface area contributed by atoms with Crippen LogP contribution in [0.25, 0.3) is 0 Å². The van der Waals surface area contributed by atoms with E-state index in [4.69, 9.17) is 0 Å². The Labute approximate surface area is 118 Å². The number of para-hydroxylation sites is 1. The molecule has 0 bridgehead atoms. The molecule has 2 aromatic rings. The highest BCUT2D eigenvalue weighted by Gasteiger charge is 2.31. The van der Waals surface area contributed by atoms with E-state index in [9.17, 15) is 18.3 Å². The topological polar surface area (TPSA) is 53.9 Å². The van der Waals surface area contributed by atoms with Gasteiger partial charge in [-0.2, -0.15) is 5.10 Å². The van der Waals surface area contributed by atoms with Gasteiger partial charge in [0.25, 0.3) is 0 Å². The van der Waals surface area contributed by atoms with Gasteiger partial charge in [0.2, 0.25) is 0 Å². The number of hydrogen-bond acceptors (Lipinski definition) is 4. The van der Waals surface area contributed by atoms with Crippen molar-refractivity contribution in [3.05, 3.63) is 54.1 Å². The van der Waals surface area contributed by atoms with Gasteiger partial charge in [-0.3, -0.25) is 5.43 Å². The first-order chi connectivity index (χ1) is 9.94. The molecule has 2 N–H and O–H groups in total. The molecular formula is C14H11F3N2O2. The van der Waals surface area contributed by atoms with Gasteiger partial charge in [0.15, 0.2) is 0 Å². The third-order valence-electron chi connectivity index (χ3n) is 2.41. The number of phenolic OH excluding ortho intramolecular Hbond substituents is 1. The maximum atomic E-state index is 12.0. The van der Waals surface area contributed by atoms with Crippen molar-refractivity contribution in [2.45, 2.75) is 6.36 Å². The molecule has 0 saturated carbocycles. The van der Waals surface area contributed by atoms with Gasteiger partial charge in [-0.05, 0) is 24.3 Å². The van der Waals surface area contributed by atoms with E-state index < -0.39 is 12.1 Å². The van der Waals surface area contributed by atoms with Crippen molar-refractivity contribution in [2.75, 3.05) is 5.43 Å². The molecule has 0 aliphatic heterocycles. The van der Waals surface area contributed by atoms with Crippen LogP contribution in [0.5, 0.6) is 11.5 Å². The molecule has 0 aromatic heterocycles. The second-order valence-corrected chi connectivity index (χ2v) is 4.00. The molecule has 110 valence electrons. The largest absolute Gasteiger partial charge is 0.573 e. The first-order valence-corrected chi connectivity index (χ1v) is 5.87. The molecule has 2 aromatic carbocycles. The summed E-state index contributed by atoms with van der Waals surface area (Å²) in [5.41, 5.74) is 3.72. The van der Waals surface area contributed by atoms with Gasteiger partial charge in [0.1, 0.15) is 11.5 Å². The van der Waals surface area contributed by atoms with Gasteiger partial charge in [-0.1, -0.05) is 18.2 Å². The Balaban J connectivity index is 2.04. The molecule has 0 fully saturated rings. The minimum atomic E-state index is -4.79. The summed E-state index contributed by atoms with van der Waals surface area (Å²) in [5.74, 6) is -0.858. The van der Waals surface area contributed by atoms with Crippen molar-refractivity contribution in [1.82, 2.24) is 0 Å². The van der Waals surface area contributed by atoms with Crippen LogP contribution in [0.2, 0.25) is 0 Å². The van der Waals surface area contributed by atoms with E-state index in [1.165, 1.54) is 12.3 Å². The lowest BCUT2D eigenvalue weighted by atomic mass is 10.2. The zero-order chi connectivity index (χ0) is 15.3. The number of rotatable bonds is 4. The lowest BCUT2D eigenvalue weighted by Gasteiger charge is -2.09. The predicted molar refractivity (Wildman–Crippen MR) is 72.4 cm³/mol. The standard InChI is InChI=1S/C14H11F3N2O2/c15-14(16,17)21-12-7-6-10(13(20)8-12)9-18-19-11-4-2-1-3-5-11/h1-9,19-20H. The maximum absolute atomic E-state index is 12.0. The average molecular weight is 296 g/mol. The molecule has 0 heterocycles. The van der Waals surface area contributed by atoms with Crippen LogP contribution in [0.15, 0.2) is 53.6 Å². The molecule has 0 aliphatic rings. The van der Waals surface area contributed by atoms with E-state index in [1.807, 2.05) is 18.2 Å². The SMILES string of the molecule is Oc1cc(OC(F)(F)F)ccc1C=NNc1ccccc1. The zero-order valence-corrected chi connectivity index (χ0v) is 10.6. The Morgan fingerprint density at radius 3 is 2.43 bits per heavy atom. The first-order valence-electron chi connectivity index (χ1n) is 5.87. The number of nitrogens with one attached hydrogen (secondary N) is 1. The molecule has 0 aliphatic carbocycles. The van der Waals surface area contributed by atoms with Crippen LogP contribution in [0.4, 0.5) is 18.9 Å². The first kappa shape index (κ1) is 14.7. The van der Waals surface area contributed by atoms with Gasteiger partial charge in [-0.25, -0.2) is 0 Å². The third kappa shape index (κ3) is 4.72. The van der Waals surface area contributed by atoms with Crippen molar-refractivity contribution in [2.24, 2.45) is 5.10 Å². The minimum Gasteiger partial charge on any atom is -0.507 e. The lowest BCUT2D eigenvalue weighted by Crippen LogP contribution is -2.17. The fourth-order valence-corrected chi connectivity index (χ4v) is 1.52. The molecular weight excluding hydrogens is 285 g/mol. The molecule has 4 nitrogen and oxygen atoms in total. The highest BCUT2D eigenvalue weighted by atomic mass is 19.4. The van der Waals surface area contributed by atoms with Gasteiger partial charge >= 0.3 is 6.36 Å². The average Bonchev–Trinajstić information content (AvgIpc) is 2.41. The number of ether oxygens (including phenoxy) is 1. The van der Waals surface area contributed by atoms with Crippen molar-refractivity contribution in [3.63, 3.8) is 0 Å². The summed E-state index contributed by atoms with van der Waals surface area (Å²) in [5, 5.41) is 13.5. The van der Waals surface area contributed by atoms with Crippen LogP contribution in [-0.2, 0) is 0 Å². The van der Waals surface area contributed by atoms with E-state index in [1.54, 1.807) is 12.1 Å². The van der Waals surface area contributed by atoms with Gasteiger partial charge in [-0.15, -0.1) is 13.2 Å². The molecule has 0 spiro atoms. The number of phenols is 1. The zero-order valence-electron chi connectivity index (χ0n) is 10.6. The van der Waals surface area contributed by atoms with E-state index in [0.29, 0.717) is 0 Å². The number of benzene rings is 2. The van der Waals surface area contributed by atoms with E-state index in [2.05, 4.69) is 15.3 Å². The predicted octanol–water partition coefficient (Wildman–Crippen LogP) is 3.74. The number of nitrogens with zero attached hydrogens (tertiary/aromatic N) is 1. The lowest BCUT2D eigenvalue weighted by molar-refractivity contribution is -0.274. The molecule has 0 saturated heterocycles. The van der Waals surface area contributed by atoms with Crippen molar-refractivity contribution < 1.29 is 23.0 Å². The van der Waals surface area contributed by atoms with E-state index in [-0.39, 0.29) is 11.3 Å². The fraction of sp³-hybridized carbons (Fsp3) is 0.0714.